The molecular weight excluding hydrogens is 448 g/mol. The Morgan fingerprint density at radius 2 is 1.80 bits per heavy atom. The fourth-order valence-electron chi connectivity index (χ4n) is 4.45. The molecule has 2 aromatic heterocycles. The maximum Gasteiger partial charge on any atom is 0.255 e. The molecule has 0 unspecified atom stereocenters. The number of oxazole rings is 1. The highest BCUT2D eigenvalue weighted by Gasteiger charge is 2.28. The summed E-state index contributed by atoms with van der Waals surface area (Å²) in [6, 6.07) is 16.3. The molecule has 1 amide bonds. The molecule has 5 rings (SSSR count). The standard InChI is InChI=1S/C28H25F2N3O2/c29-23-9-6-19(7-10-23)15-26-17-32-27(35-26)22-4-2-12-33(18-22)28(34)21-8-11-25(31-16-21)14-20-3-1-5-24(30)13-20/h1,3,5-11,13,16-17,22H,2,4,12,14-15,18H2/t22-/m1/s1. The molecule has 0 spiro atoms. The van der Waals surface area contributed by atoms with E-state index >= 15 is 0 Å². The van der Waals surface area contributed by atoms with Gasteiger partial charge in [-0.05, 0) is 60.4 Å². The van der Waals surface area contributed by atoms with Crippen LogP contribution in [0, 0.1) is 11.6 Å². The second kappa shape index (κ2) is 10.2. The smallest absolute Gasteiger partial charge is 0.255 e. The van der Waals surface area contributed by atoms with E-state index in [4.69, 9.17) is 4.42 Å². The molecule has 1 fully saturated rings. The normalized spacial score (nSPS) is 15.8. The number of amides is 1. The van der Waals surface area contributed by atoms with E-state index in [1.807, 2.05) is 17.0 Å². The first-order valence-electron chi connectivity index (χ1n) is 11.7. The number of benzene rings is 2. The van der Waals surface area contributed by atoms with Gasteiger partial charge >= 0.3 is 0 Å². The number of aromatic nitrogens is 2. The maximum absolute atomic E-state index is 13.4. The Kier molecular flexibility index (Phi) is 6.66. The van der Waals surface area contributed by atoms with E-state index in [1.165, 1.54) is 24.3 Å². The summed E-state index contributed by atoms with van der Waals surface area (Å²) in [5.74, 6) is 0.752. The third-order valence-electron chi connectivity index (χ3n) is 6.27. The number of hydrogen-bond donors (Lipinski definition) is 0. The van der Waals surface area contributed by atoms with Crippen LogP contribution in [0.2, 0.25) is 0 Å². The number of pyridine rings is 1. The average Bonchev–Trinajstić information content (AvgIpc) is 3.34. The van der Waals surface area contributed by atoms with E-state index in [-0.39, 0.29) is 23.5 Å². The summed E-state index contributed by atoms with van der Waals surface area (Å²) in [5, 5.41) is 0. The molecule has 3 heterocycles. The molecule has 5 nitrogen and oxygen atoms in total. The van der Waals surface area contributed by atoms with Gasteiger partial charge in [0, 0.05) is 37.8 Å². The number of carbonyl (C=O) groups is 1. The maximum atomic E-state index is 13.4. The van der Waals surface area contributed by atoms with Gasteiger partial charge < -0.3 is 9.32 Å². The van der Waals surface area contributed by atoms with Crippen molar-refractivity contribution >= 4 is 5.91 Å². The van der Waals surface area contributed by atoms with Crippen LogP contribution in [-0.2, 0) is 12.8 Å². The van der Waals surface area contributed by atoms with Crippen molar-refractivity contribution in [3.05, 3.63) is 119 Å². The molecule has 1 saturated heterocycles. The minimum Gasteiger partial charge on any atom is -0.445 e. The fraction of sp³-hybridized carbons (Fsp3) is 0.250. The van der Waals surface area contributed by atoms with Crippen molar-refractivity contribution in [2.24, 2.45) is 0 Å². The van der Waals surface area contributed by atoms with Crippen LogP contribution >= 0.6 is 0 Å². The molecule has 0 aliphatic carbocycles. The molecule has 35 heavy (non-hydrogen) atoms. The number of likely N-dealkylation sites (tertiary alicyclic amines) is 1. The SMILES string of the molecule is O=C(c1ccc(Cc2cccc(F)c2)nc1)N1CCC[C@@H](c2ncc(Cc3ccc(F)cc3)o2)C1. The van der Waals surface area contributed by atoms with Gasteiger partial charge in [-0.15, -0.1) is 0 Å². The number of nitrogens with zero attached hydrogens (tertiary/aromatic N) is 3. The van der Waals surface area contributed by atoms with Crippen LogP contribution in [0.5, 0.6) is 0 Å². The van der Waals surface area contributed by atoms with Crippen molar-refractivity contribution in [1.29, 1.82) is 0 Å². The van der Waals surface area contributed by atoms with Crippen LogP contribution in [-0.4, -0.2) is 33.9 Å². The van der Waals surface area contributed by atoms with Crippen LogP contribution < -0.4 is 0 Å². The molecule has 0 radical (unpaired) electrons. The fourth-order valence-corrected chi connectivity index (χ4v) is 4.45. The molecule has 0 bridgehead atoms. The number of rotatable bonds is 6. The number of piperidine rings is 1. The first kappa shape index (κ1) is 22.9. The zero-order valence-corrected chi connectivity index (χ0v) is 19.2. The molecule has 1 atom stereocenters. The van der Waals surface area contributed by atoms with Crippen molar-refractivity contribution in [1.82, 2.24) is 14.9 Å². The molecule has 0 saturated carbocycles. The number of halogens is 2. The topological polar surface area (TPSA) is 59.2 Å². The van der Waals surface area contributed by atoms with Crippen LogP contribution in [0.4, 0.5) is 8.78 Å². The van der Waals surface area contributed by atoms with Gasteiger partial charge in [-0.25, -0.2) is 13.8 Å². The molecule has 1 aliphatic heterocycles. The van der Waals surface area contributed by atoms with Gasteiger partial charge in [-0.1, -0.05) is 24.3 Å². The Hall–Kier alpha value is -3.87. The Morgan fingerprint density at radius 1 is 0.943 bits per heavy atom. The lowest BCUT2D eigenvalue weighted by Crippen LogP contribution is -2.39. The van der Waals surface area contributed by atoms with Gasteiger partial charge in [0.2, 0.25) is 0 Å². The minimum absolute atomic E-state index is 0.0230. The van der Waals surface area contributed by atoms with Gasteiger partial charge in [0.25, 0.3) is 5.91 Å². The van der Waals surface area contributed by atoms with E-state index in [0.29, 0.717) is 43.1 Å². The Morgan fingerprint density at radius 3 is 2.57 bits per heavy atom. The number of hydrogen-bond acceptors (Lipinski definition) is 4. The first-order chi connectivity index (χ1) is 17.0. The second-order valence-electron chi connectivity index (χ2n) is 8.90. The lowest BCUT2D eigenvalue weighted by Gasteiger charge is -2.31. The summed E-state index contributed by atoms with van der Waals surface area (Å²) in [6.07, 6.45) is 6.09. The Labute approximate surface area is 202 Å². The predicted octanol–water partition coefficient (Wildman–Crippen LogP) is 5.55. The Balaban J connectivity index is 1.21. The monoisotopic (exact) mass is 473 g/mol. The van der Waals surface area contributed by atoms with Gasteiger partial charge in [0.1, 0.15) is 17.4 Å². The zero-order chi connectivity index (χ0) is 24.2. The van der Waals surface area contributed by atoms with Crippen LogP contribution in [0.15, 0.2) is 77.5 Å². The van der Waals surface area contributed by atoms with E-state index in [1.54, 1.807) is 36.7 Å². The number of carbonyl (C=O) groups excluding carboxylic acids is 1. The van der Waals surface area contributed by atoms with E-state index in [0.717, 1.165) is 29.7 Å². The van der Waals surface area contributed by atoms with Crippen LogP contribution in [0.1, 0.15) is 57.6 Å². The third kappa shape index (κ3) is 5.62. The van der Waals surface area contributed by atoms with Gasteiger partial charge in [-0.2, -0.15) is 0 Å². The highest BCUT2D eigenvalue weighted by molar-refractivity contribution is 5.94. The van der Waals surface area contributed by atoms with Gasteiger partial charge in [-0.3, -0.25) is 9.78 Å². The lowest BCUT2D eigenvalue weighted by molar-refractivity contribution is 0.0697. The van der Waals surface area contributed by atoms with E-state index in [2.05, 4.69) is 9.97 Å². The second-order valence-corrected chi connectivity index (χ2v) is 8.90. The molecule has 1 aliphatic rings. The average molecular weight is 474 g/mol. The van der Waals surface area contributed by atoms with Crippen LogP contribution in [0.25, 0.3) is 0 Å². The van der Waals surface area contributed by atoms with Gasteiger partial charge in [0.15, 0.2) is 5.89 Å². The highest BCUT2D eigenvalue weighted by atomic mass is 19.1. The van der Waals surface area contributed by atoms with Crippen molar-refractivity contribution in [3.8, 4) is 0 Å². The summed E-state index contributed by atoms with van der Waals surface area (Å²) in [5.41, 5.74) is 3.08. The molecule has 178 valence electrons. The molecule has 7 heteroatoms. The molecule has 4 aromatic rings. The largest absolute Gasteiger partial charge is 0.445 e. The van der Waals surface area contributed by atoms with Crippen molar-refractivity contribution in [2.75, 3.05) is 13.1 Å². The molecular formula is C28H25F2N3O2. The van der Waals surface area contributed by atoms with Crippen molar-refractivity contribution in [3.63, 3.8) is 0 Å². The van der Waals surface area contributed by atoms with E-state index < -0.39 is 0 Å². The lowest BCUT2D eigenvalue weighted by atomic mass is 9.97. The quantitative estimate of drug-likeness (QED) is 0.369. The summed E-state index contributed by atoms with van der Waals surface area (Å²) >= 11 is 0. The minimum atomic E-state index is -0.275. The summed E-state index contributed by atoms with van der Waals surface area (Å²) < 4.78 is 32.5. The Bertz CT molecular complexity index is 1300. The highest BCUT2D eigenvalue weighted by Crippen LogP contribution is 2.28. The van der Waals surface area contributed by atoms with Crippen molar-refractivity contribution in [2.45, 2.75) is 31.6 Å². The first-order valence-corrected chi connectivity index (χ1v) is 11.7. The van der Waals surface area contributed by atoms with E-state index in [9.17, 15) is 13.6 Å². The van der Waals surface area contributed by atoms with Crippen molar-refractivity contribution < 1.29 is 18.0 Å². The molecule has 2 aromatic carbocycles. The van der Waals surface area contributed by atoms with Crippen LogP contribution in [0.3, 0.4) is 0 Å². The van der Waals surface area contributed by atoms with Gasteiger partial charge in [0.05, 0.1) is 17.7 Å². The summed E-state index contributed by atoms with van der Waals surface area (Å²) in [7, 11) is 0. The summed E-state index contributed by atoms with van der Waals surface area (Å²) in [6.45, 7) is 1.20. The predicted molar refractivity (Wildman–Crippen MR) is 127 cm³/mol. The zero-order valence-electron chi connectivity index (χ0n) is 19.2. The molecule has 0 N–H and O–H groups in total. The third-order valence-corrected chi connectivity index (χ3v) is 6.27. The summed E-state index contributed by atoms with van der Waals surface area (Å²) in [4.78, 5) is 23.8.